The maximum atomic E-state index is 13.0. The van der Waals surface area contributed by atoms with Gasteiger partial charge in [0.05, 0.1) is 37.4 Å². The summed E-state index contributed by atoms with van der Waals surface area (Å²) in [7, 11) is 3.32. The summed E-state index contributed by atoms with van der Waals surface area (Å²) in [6, 6.07) is 5.63. The second-order valence-corrected chi connectivity index (χ2v) is 6.83. The van der Waals surface area contributed by atoms with Gasteiger partial charge in [0.2, 0.25) is 5.91 Å². The highest BCUT2D eigenvalue weighted by Gasteiger charge is 2.34. The van der Waals surface area contributed by atoms with Crippen LogP contribution in [0.2, 0.25) is 0 Å². The molecule has 2 aromatic rings. The second kappa shape index (κ2) is 6.16. The Balaban J connectivity index is 1.54. The van der Waals surface area contributed by atoms with Gasteiger partial charge in [-0.3, -0.25) is 14.2 Å². The average Bonchev–Trinajstić information content (AvgIpc) is 3.08. The van der Waals surface area contributed by atoms with Crippen LogP contribution in [0, 0.1) is 12.8 Å². The molecule has 7 heteroatoms. The van der Waals surface area contributed by atoms with Gasteiger partial charge < -0.3 is 14.4 Å². The number of nitrogens with zero attached hydrogens (tertiary/aromatic N) is 3. The van der Waals surface area contributed by atoms with E-state index in [9.17, 15) is 9.59 Å². The van der Waals surface area contributed by atoms with Gasteiger partial charge in [-0.25, -0.2) is 4.98 Å². The first kappa shape index (κ1) is 16.6. The molecule has 2 aliphatic heterocycles. The molecule has 0 aliphatic carbocycles. The van der Waals surface area contributed by atoms with Gasteiger partial charge in [0, 0.05) is 7.05 Å². The van der Waals surface area contributed by atoms with Crippen molar-refractivity contribution in [3.63, 3.8) is 0 Å². The maximum absolute atomic E-state index is 13.0. The number of benzene rings is 1. The van der Waals surface area contributed by atoms with E-state index in [1.807, 2.05) is 18.2 Å². The molecule has 0 bridgehead atoms. The van der Waals surface area contributed by atoms with E-state index in [-0.39, 0.29) is 17.4 Å². The van der Waals surface area contributed by atoms with E-state index in [2.05, 4.69) is 4.98 Å². The summed E-state index contributed by atoms with van der Waals surface area (Å²) in [4.78, 5) is 31.6. The molecule has 0 saturated heterocycles. The first-order chi connectivity index (χ1) is 12.5. The van der Waals surface area contributed by atoms with Crippen molar-refractivity contribution < 1.29 is 14.3 Å². The molecule has 1 amide bonds. The fourth-order valence-electron chi connectivity index (χ4n) is 3.60. The Hall–Kier alpha value is -2.83. The van der Waals surface area contributed by atoms with Crippen LogP contribution < -0.4 is 15.0 Å². The molecule has 26 heavy (non-hydrogen) atoms. The summed E-state index contributed by atoms with van der Waals surface area (Å²) >= 11 is 0. The van der Waals surface area contributed by atoms with E-state index in [0.29, 0.717) is 43.2 Å². The lowest BCUT2D eigenvalue weighted by atomic mass is 9.95. The summed E-state index contributed by atoms with van der Waals surface area (Å²) in [6.07, 6.45) is 0.600. The molecule has 0 saturated carbocycles. The van der Waals surface area contributed by atoms with Gasteiger partial charge >= 0.3 is 0 Å². The number of carbonyl (C=O) groups excluding carboxylic acids is 1. The fraction of sp³-hybridized carbons (Fsp3) is 0.421. The van der Waals surface area contributed by atoms with Crippen LogP contribution >= 0.6 is 0 Å². The monoisotopic (exact) mass is 355 g/mol. The lowest BCUT2D eigenvalue weighted by molar-refractivity contribution is -0.137. The van der Waals surface area contributed by atoms with Crippen molar-refractivity contribution in [3.05, 3.63) is 51.2 Å². The third kappa shape index (κ3) is 2.64. The predicted molar refractivity (Wildman–Crippen MR) is 94.2 cm³/mol. The average molecular weight is 355 g/mol. The van der Waals surface area contributed by atoms with E-state index in [4.69, 9.17) is 9.47 Å². The molecule has 0 unspecified atom stereocenters. The van der Waals surface area contributed by atoms with Gasteiger partial charge in [0.1, 0.15) is 23.9 Å². The lowest BCUT2D eigenvalue weighted by Gasteiger charge is -2.28. The van der Waals surface area contributed by atoms with Crippen LogP contribution in [-0.4, -0.2) is 34.1 Å². The first-order valence-corrected chi connectivity index (χ1v) is 8.61. The van der Waals surface area contributed by atoms with Gasteiger partial charge in [0.15, 0.2) is 0 Å². The largest absolute Gasteiger partial charge is 0.497 e. The van der Waals surface area contributed by atoms with Crippen molar-refractivity contribution in [2.24, 2.45) is 13.0 Å². The van der Waals surface area contributed by atoms with E-state index in [0.717, 1.165) is 17.1 Å². The Kier molecular flexibility index (Phi) is 3.94. The standard InChI is InChI=1S/C19H21N3O4/c1-11-20-16-9-22(8-15(16)19(24)21(11)2)18(23)13-6-12-7-14(25-3)4-5-17(12)26-10-13/h4-5,7,13H,6,8-10H2,1-3H3/t13-/m1/s1. The third-order valence-corrected chi connectivity index (χ3v) is 5.22. The van der Waals surface area contributed by atoms with E-state index in [1.54, 1.807) is 26.0 Å². The van der Waals surface area contributed by atoms with Crippen molar-refractivity contribution in [1.29, 1.82) is 0 Å². The van der Waals surface area contributed by atoms with Crippen LogP contribution in [0.15, 0.2) is 23.0 Å². The van der Waals surface area contributed by atoms with Gasteiger partial charge in [-0.15, -0.1) is 0 Å². The summed E-state index contributed by atoms with van der Waals surface area (Å²) < 4.78 is 12.6. The number of aryl methyl sites for hydroxylation is 1. The summed E-state index contributed by atoms with van der Waals surface area (Å²) in [5, 5.41) is 0. The number of amides is 1. The minimum absolute atomic E-state index is 0.00354. The minimum atomic E-state index is -0.270. The zero-order valence-corrected chi connectivity index (χ0v) is 15.1. The molecule has 1 atom stereocenters. The molecular weight excluding hydrogens is 334 g/mol. The molecular formula is C19H21N3O4. The zero-order chi connectivity index (χ0) is 18.4. The predicted octanol–water partition coefficient (Wildman–Crippen LogP) is 1.19. The molecule has 0 N–H and O–H groups in total. The smallest absolute Gasteiger partial charge is 0.258 e. The molecule has 3 heterocycles. The highest BCUT2D eigenvalue weighted by Crippen LogP contribution is 2.32. The van der Waals surface area contributed by atoms with Crippen LogP contribution in [0.25, 0.3) is 0 Å². The molecule has 2 aliphatic rings. The molecule has 1 aromatic carbocycles. The van der Waals surface area contributed by atoms with Crippen molar-refractivity contribution in [2.45, 2.75) is 26.4 Å². The van der Waals surface area contributed by atoms with Crippen LogP contribution in [0.3, 0.4) is 0 Å². The van der Waals surface area contributed by atoms with Crippen molar-refractivity contribution >= 4 is 5.91 Å². The number of fused-ring (bicyclic) bond motifs is 2. The molecule has 0 fully saturated rings. The topological polar surface area (TPSA) is 73.7 Å². The molecule has 0 radical (unpaired) electrons. The van der Waals surface area contributed by atoms with Crippen LogP contribution in [0.4, 0.5) is 0 Å². The molecule has 136 valence electrons. The van der Waals surface area contributed by atoms with Crippen LogP contribution in [-0.2, 0) is 31.4 Å². The Bertz CT molecular complexity index is 951. The van der Waals surface area contributed by atoms with Crippen LogP contribution in [0.1, 0.15) is 22.6 Å². The number of aromatic nitrogens is 2. The molecule has 0 spiro atoms. The summed E-state index contributed by atoms with van der Waals surface area (Å²) in [5.74, 6) is 1.93. The highest BCUT2D eigenvalue weighted by atomic mass is 16.5. The quantitative estimate of drug-likeness (QED) is 0.809. The van der Waals surface area contributed by atoms with E-state index in [1.165, 1.54) is 4.57 Å². The van der Waals surface area contributed by atoms with E-state index < -0.39 is 0 Å². The maximum Gasteiger partial charge on any atom is 0.258 e. The molecule has 1 aromatic heterocycles. The number of carbonyl (C=O) groups is 1. The van der Waals surface area contributed by atoms with Crippen LogP contribution in [0.5, 0.6) is 11.5 Å². The number of rotatable bonds is 2. The number of methoxy groups -OCH3 is 1. The van der Waals surface area contributed by atoms with Crippen molar-refractivity contribution in [2.75, 3.05) is 13.7 Å². The fourth-order valence-corrected chi connectivity index (χ4v) is 3.60. The minimum Gasteiger partial charge on any atom is -0.497 e. The zero-order valence-electron chi connectivity index (χ0n) is 15.1. The van der Waals surface area contributed by atoms with E-state index >= 15 is 0 Å². The number of hydrogen-bond donors (Lipinski definition) is 0. The van der Waals surface area contributed by atoms with Gasteiger partial charge in [-0.1, -0.05) is 0 Å². The third-order valence-electron chi connectivity index (χ3n) is 5.22. The Morgan fingerprint density at radius 1 is 1.35 bits per heavy atom. The number of hydrogen-bond acceptors (Lipinski definition) is 5. The van der Waals surface area contributed by atoms with Crippen molar-refractivity contribution in [3.8, 4) is 11.5 Å². The summed E-state index contributed by atoms with van der Waals surface area (Å²) in [5.41, 5.74) is 2.22. The lowest BCUT2D eigenvalue weighted by Crippen LogP contribution is -2.38. The molecule has 4 rings (SSSR count). The van der Waals surface area contributed by atoms with Gasteiger partial charge in [0.25, 0.3) is 5.56 Å². The highest BCUT2D eigenvalue weighted by molar-refractivity contribution is 5.80. The Morgan fingerprint density at radius 3 is 2.92 bits per heavy atom. The first-order valence-electron chi connectivity index (χ1n) is 8.61. The summed E-state index contributed by atoms with van der Waals surface area (Å²) in [6.45, 7) is 2.84. The normalized spacial score (nSPS) is 18.1. The Morgan fingerprint density at radius 2 is 2.15 bits per heavy atom. The second-order valence-electron chi connectivity index (χ2n) is 6.83. The van der Waals surface area contributed by atoms with Gasteiger partial charge in [-0.2, -0.15) is 0 Å². The molecule has 7 nitrogen and oxygen atoms in total. The van der Waals surface area contributed by atoms with Gasteiger partial charge in [-0.05, 0) is 37.1 Å². The van der Waals surface area contributed by atoms with Crippen molar-refractivity contribution in [1.82, 2.24) is 14.5 Å². The Labute approximate surface area is 151 Å². The number of ether oxygens (including phenoxy) is 2. The SMILES string of the molecule is COc1ccc2c(c1)C[C@@H](C(=O)N1Cc3nc(C)n(C)c(=O)c3C1)CO2.